The lowest BCUT2D eigenvalue weighted by Crippen LogP contribution is -2.63. The summed E-state index contributed by atoms with van der Waals surface area (Å²) in [6, 6.07) is 6.12. The fourth-order valence-electron chi connectivity index (χ4n) is 4.72. The third-order valence-corrected chi connectivity index (χ3v) is 6.97. The van der Waals surface area contributed by atoms with Crippen molar-refractivity contribution in [3.05, 3.63) is 59.5 Å². The SMILES string of the molecule is Nc1ncnc2c1ncn2Cc1cc(-c2ccc(F)c(Cl)c2)ncc1N1CCC[C@](N)([C@H](O)C(F)F)C1. The number of fused-ring (bicyclic) bond motifs is 1. The Kier molecular flexibility index (Phi) is 6.65. The van der Waals surface area contributed by atoms with Crippen LogP contribution in [0.3, 0.4) is 0 Å². The highest BCUT2D eigenvalue weighted by molar-refractivity contribution is 6.31. The van der Waals surface area contributed by atoms with Gasteiger partial charge in [-0.15, -0.1) is 0 Å². The normalized spacial score (nSPS) is 19.1. The molecule has 1 saturated heterocycles. The number of rotatable bonds is 6. The van der Waals surface area contributed by atoms with Crippen molar-refractivity contribution in [3.8, 4) is 11.3 Å². The molecule has 0 aliphatic carbocycles. The summed E-state index contributed by atoms with van der Waals surface area (Å²) in [5, 5.41) is 10.1. The standard InChI is InChI=1S/C24H24ClF3N8O/c25-15-6-13(2-3-16(15)26)17-7-14(9-36-12-34-19-22(29)32-11-33-23(19)36)18(8-31-17)35-5-1-4-24(30,10-35)20(37)21(27)28/h2-3,6-8,11-12,20-21,37H,1,4-5,9-10,30H2,(H2,29,32,33)/t20-,24-/m1/s1. The van der Waals surface area contributed by atoms with E-state index in [0.717, 1.165) is 5.56 Å². The number of halogens is 4. The van der Waals surface area contributed by atoms with Crippen molar-refractivity contribution in [1.29, 1.82) is 0 Å². The molecule has 0 spiro atoms. The van der Waals surface area contributed by atoms with E-state index in [1.165, 1.54) is 18.5 Å². The van der Waals surface area contributed by atoms with Gasteiger partial charge in [0.25, 0.3) is 6.43 Å². The lowest BCUT2D eigenvalue weighted by molar-refractivity contribution is -0.0529. The van der Waals surface area contributed by atoms with Gasteiger partial charge in [0.05, 0.1) is 41.0 Å². The summed E-state index contributed by atoms with van der Waals surface area (Å²) in [6.45, 7) is 0.817. The van der Waals surface area contributed by atoms with Crippen molar-refractivity contribution in [2.24, 2.45) is 5.73 Å². The Morgan fingerprint density at radius 3 is 2.73 bits per heavy atom. The minimum atomic E-state index is -2.96. The molecular weight excluding hydrogens is 509 g/mol. The Labute approximate surface area is 214 Å². The highest BCUT2D eigenvalue weighted by Gasteiger charge is 2.43. The van der Waals surface area contributed by atoms with Gasteiger partial charge in [0.15, 0.2) is 11.5 Å². The van der Waals surface area contributed by atoms with Crippen molar-refractivity contribution < 1.29 is 18.3 Å². The Bertz CT molecular complexity index is 1450. The van der Waals surface area contributed by atoms with Gasteiger partial charge >= 0.3 is 0 Å². The van der Waals surface area contributed by atoms with E-state index in [0.29, 0.717) is 41.1 Å². The highest BCUT2D eigenvalue weighted by Crippen LogP contribution is 2.33. The average molecular weight is 533 g/mol. The maximum Gasteiger partial charge on any atom is 0.265 e. The number of alkyl halides is 2. The first-order chi connectivity index (χ1) is 17.7. The molecule has 0 bridgehead atoms. The third-order valence-electron chi connectivity index (χ3n) is 6.68. The van der Waals surface area contributed by atoms with Crippen molar-refractivity contribution in [2.75, 3.05) is 23.7 Å². The van der Waals surface area contributed by atoms with Crippen LogP contribution in [-0.4, -0.2) is 60.8 Å². The number of anilines is 2. The lowest BCUT2D eigenvalue weighted by atomic mass is 9.84. The molecule has 4 heterocycles. The van der Waals surface area contributed by atoms with Crippen LogP contribution in [0.5, 0.6) is 0 Å². The molecule has 13 heteroatoms. The molecule has 1 aromatic carbocycles. The Balaban J connectivity index is 1.58. The molecule has 0 amide bonds. The van der Waals surface area contributed by atoms with Crippen LogP contribution in [0.2, 0.25) is 5.02 Å². The molecule has 3 aromatic heterocycles. The predicted octanol–water partition coefficient (Wildman–Crippen LogP) is 3.24. The smallest absolute Gasteiger partial charge is 0.265 e. The van der Waals surface area contributed by atoms with Crippen LogP contribution in [0.4, 0.5) is 24.7 Å². The summed E-state index contributed by atoms with van der Waals surface area (Å²) in [5.41, 5.74) is 14.2. The molecule has 4 aromatic rings. The molecule has 9 nitrogen and oxygen atoms in total. The summed E-state index contributed by atoms with van der Waals surface area (Å²) < 4.78 is 42.3. The molecular formula is C24H24ClF3N8O. The van der Waals surface area contributed by atoms with Gasteiger partial charge in [-0.1, -0.05) is 11.6 Å². The number of imidazole rings is 1. The summed E-state index contributed by atoms with van der Waals surface area (Å²) in [4.78, 5) is 19.0. The lowest BCUT2D eigenvalue weighted by Gasteiger charge is -2.44. The first kappa shape index (κ1) is 25.2. The average Bonchev–Trinajstić information content (AvgIpc) is 3.29. The topological polar surface area (TPSA) is 132 Å². The monoisotopic (exact) mass is 532 g/mol. The van der Waals surface area contributed by atoms with Gasteiger partial charge in [0.1, 0.15) is 23.8 Å². The van der Waals surface area contributed by atoms with Crippen molar-refractivity contribution in [3.63, 3.8) is 0 Å². The molecule has 0 saturated carbocycles. The van der Waals surface area contributed by atoms with Crippen LogP contribution < -0.4 is 16.4 Å². The van der Waals surface area contributed by atoms with Crippen LogP contribution in [0.25, 0.3) is 22.4 Å². The van der Waals surface area contributed by atoms with Crippen LogP contribution in [0.1, 0.15) is 18.4 Å². The van der Waals surface area contributed by atoms with Gasteiger partial charge in [-0.3, -0.25) is 4.98 Å². The van der Waals surface area contributed by atoms with E-state index >= 15 is 0 Å². The van der Waals surface area contributed by atoms with Gasteiger partial charge in [-0.2, -0.15) is 0 Å². The fourth-order valence-corrected chi connectivity index (χ4v) is 4.90. The largest absolute Gasteiger partial charge is 0.385 e. The zero-order valence-electron chi connectivity index (χ0n) is 19.5. The van der Waals surface area contributed by atoms with E-state index in [9.17, 15) is 18.3 Å². The van der Waals surface area contributed by atoms with Gasteiger partial charge in [-0.25, -0.2) is 28.1 Å². The molecule has 0 unspecified atom stereocenters. The summed E-state index contributed by atoms with van der Waals surface area (Å²) >= 11 is 5.99. The Morgan fingerprint density at radius 1 is 1.16 bits per heavy atom. The number of hydrogen-bond donors (Lipinski definition) is 3. The first-order valence-electron chi connectivity index (χ1n) is 11.5. The molecule has 194 valence electrons. The van der Waals surface area contributed by atoms with Crippen LogP contribution in [-0.2, 0) is 6.54 Å². The second kappa shape index (κ2) is 9.77. The molecule has 1 aliphatic heterocycles. The zero-order valence-corrected chi connectivity index (χ0v) is 20.3. The Morgan fingerprint density at radius 2 is 1.97 bits per heavy atom. The quantitative estimate of drug-likeness (QED) is 0.345. The van der Waals surface area contributed by atoms with Gasteiger partial charge in [0.2, 0.25) is 0 Å². The molecule has 1 aliphatic rings. The van der Waals surface area contributed by atoms with Crippen LogP contribution >= 0.6 is 11.6 Å². The molecule has 5 N–H and O–H groups in total. The second-order valence-electron chi connectivity index (χ2n) is 9.17. The Hall–Kier alpha value is -3.48. The maximum absolute atomic E-state index is 13.8. The first-order valence-corrected chi connectivity index (χ1v) is 11.9. The number of benzene rings is 1. The van der Waals surface area contributed by atoms with Crippen molar-refractivity contribution >= 4 is 34.3 Å². The number of nitrogen functional groups attached to an aromatic ring is 1. The molecule has 37 heavy (non-hydrogen) atoms. The molecule has 1 fully saturated rings. The fraction of sp³-hybridized carbons (Fsp3) is 0.333. The predicted molar refractivity (Wildman–Crippen MR) is 134 cm³/mol. The number of aromatic nitrogens is 5. The number of hydrogen-bond acceptors (Lipinski definition) is 8. The number of nitrogens with two attached hydrogens (primary N) is 2. The van der Waals surface area contributed by atoms with E-state index in [1.54, 1.807) is 23.2 Å². The van der Waals surface area contributed by atoms with E-state index in [1.807, 2.05) is 11.0 Å². The van der Waals surface area contributed by atoms with Crippen LogP contribution in [0, 0.1) is 5.82 Å². The second-order valence-corrected chi connectivity index (χ2v) is 9.58. The van der Waals surface area contributed by atoms with Gasteiger partial charge in [0, 0.05) is 18.7 Å². The molecule has 0 radical (unpaired) electrons. The van der Waals surface area contributed by atoms with Gasteiger partial charge < -0.3 is 26.0 Å². The van der Waals surface area contributed by atoms with E-state index < -0.39 is 23.9 Å². The number of piperidine rings is 1. The van der Waals surface area contributed by atoms with E-state index in [4.69, 9.17) is 23.1 Å². The highest BCUT2D eigenvalue weighted by atomic mass is 35.5. The third kappa shape index (κ3) is 4.79. The molecule has 2 atom stereocenters. The zero-order chi connectivity index (χ0) is 26.3. The number of aliphatic hydroxyl groups is 1. The summed E-state index contributed by atoms with van der Waals surface area (Å²) in [5.74, 6) is -0.306. The minimum absolute atomic E-state index is 0.00864. The number of pyridine rings is 1. The van der Waals surface area contributed by atoms with Crippen molar-refractivity contribution in [2.45, 2.75) is 37.5 Å². The number of nitrogens with zero attached hydrogens (tertiary/aromatic N) is 6. The summed E-state index contributed by atoms with van der Waals surface area (Å²) in [7, 11) is 0. The number of aliphatic hydroxyl groups excluding tert-OH is 1. The van der Waals surface area contributed by atoms with E-state index in [2.05, 4.69) is 19.9 Å². The maximum atomic E-state index is 13.8. The van der Waals surface area contributed by atoms with E-state index in [-0.39, 0.29) is 30.4 Å². The molecule has 5 rings (SSSR count). The summed E-state index contributed by atoms with van der Waals surface area (Å²) in [6.07, 6.45) is 0.372. The van der Waals surface area contributed by atoms with Crippen LogP contribution in [0.15, 0.2) is 43.1 Å². The van der Waals surface area contributed by atoms with Crippen molar-refractivity contribution in [1.82, 2.24) is 24.5 Å². The van der Waals surface area contributed by atoms with Gasteiger partial charge in [-0.05, 0) is 42.7 Å². The minimum Gasteiger partial charge on any atom is -0.385 e.